The zero-order valence-corrected chi connectivity index (χ0v) is 10.9. The zero-order chi connectivity index (χ0) is 12.7. The maximum absolute atomic E-state index is 11.9. The number of nitrogens with one attached hydrogen (secondary N) is 2. The molecule has 0 spiro atoms. The molecular weight excluding hydrogens is 212 g/mol. The molecule has 0 radical (unpaired) electrons. The Balaban J connectivity index is 2.44. The minimum absolute atomic E-state index is 0.0606. The van der Waals surface area contributed by atoms with E-state index in [0.717, 1.165) is 18.5 Å². The maximum atomic E-state index is 11.9. The number of benzene rings is 1. The summed E-state index contributed by atoms with van der Waals surface area (Å²) in [4.78, 5) is 11.9. The van der Waals surface area contributed by atoms with Crippen molar-refractivity contribution in [1.82, 2.24) is 10.6 Å². The average Bonchev–Trinajstić information content (AvgIpc) is 2.35. The second-order valence-electron chi connectivity index (χ2n) is 4.37. The van der Waals surface area contributed by atoms with E-state index in [1.807, 2.05) is 14.0 Å². The largest absolute Gasteiger partial charge is 0.352 e. The molecule has 0 heterocycles. The van der Waals surface area contributed by atoms with Gasteiger partial charge in [-0.25, -0.2) is 0 Å². The van der Waals surface area contributed by atoms with Crippen LogP contribution in [0.3, 0.4) is 0 Å². The van der Waals surface area contributed by atoms with Crippen molar-refractivity contribution in [1.29, 1.82) is 0 Å². The summed E-state index contributed by atoms with van der Waals surface area (Å²) in [6.07, 6.45) is 0.862. The third-order valence-corrected chi connectivity index (χ3v) is 2.90. The summed E-state index contributed by atoms with van der Waals surface area (Å²) in [7, 11) is 1.87. The lowest BCUT2D eigenvalue weighted by molar-refractivity contribution is -0.125. The summed E-state index contributed by atoms with van der Waals surface area (Å²) in [5.74, 6) is 0.188. The highest BCUT2D eigenvalue weighted by molar-refractivity contribution is 5.78. The molecule has 3 heteroatoms. The van der Waals surface area contributed by atoms with Crippen LogP contribution in [0.1, 0.15) is 24.5 Å². The molecule has 0 saturated carbocycles. The summed E-state index contributed by atoms with van der Waals surface area (Å²) < 4.78 is 0. The van der Waals surface area contributed by atoms with Crippen molar-refractivity contribution in [3.05, 3.63) is 35.4 Å². The van der Waals surface area contributed by atoms with Crippen molar-refractivity contribution in [3.63, 3.8) is 0 Å². The first kappa shape index (κ1) is 13.7. The number of hydrogen-bond donors (Lipinski definition) is 2. The van der Waals surface area contributed by atoms with Crippen LogP contribution in [0.2, 0.25) is 0 Å². The quantitative estimate of drug-likeness (QED) is 0.789. The Labute approximate surface area is 104 Å². The lowest BCUT2D eigenvalue weighted by Crippen LogP contribution is -2.35. The van der Waals surface area contributed by atoms with Gasteiger partial charge in [0.1, 0.15) is 0 Å². The van der Waals surface area contributed by atoms with Crippen molar-refractivity contribution in [2.45, 2.75) is 26.8 Å². The molecule has 1 atom stereocenters. The summed E-state index contributed by atoms with van der Waals surface area (Å²) in [5.41, 5.74) is 2.38. The lowest BCUT2D eigenvalue weighted by Gasteiger charge is -2.14. The molecule has 94 valence electrons. The highest BCUT2D eigenvalue weighted by Crippen LogP contribution is 2.04. The first-order chi connectivity index (χ1) is 8.17. The smallest absolute Gasteiger partial charge is 0.224 e. The molecule has 1 amide bonds. The van der Waals surface area contributed by atoms with Gasteiger partial charge in [0, 0.05) is 13.1 Å². The highest BCUT2D eigenvalue weighted by atomic mass is 16.1. The molecule has 1 aromatic rings. The number of carbonyl (C=O) groups is 1. The van der Waals surface area contributed by atoms with Crippen LogP contribution in [-0.4, -0.2) is 19.5 Å². The van der Waals surface area contributed by atoms with E-state index in [2.05, 4.69) is 41.8 Å². The summed E-state index contributed by atoms with van der Waals surface area (Å²) in [5, 5.41) is 6.02. The molecule has 0 aliphatic carbocycles. The Kier molecular flexibility index (Phi) is 5.70. The second kappa shape index (κ2) is 7.07. The van der Waals surface area contributed by atoms with Crippen LogP contribution < -0.4 is 10.6 Å². The first-order valence-corrected chi connectivity index (χ1v) is 6.15. The van der Waals surface area contributed by atoms with Gasteiger partial charge in [0.15, 0.2) is 0 Å². The summed E-state index contributed by atoms with van der Waals surface area (Å²) in [6.45, 7) is 5.44. The van der Waals surface area contributed by atoms with Gasteiger partial charge in [0.2, 0.25) is 5.91 Å². The van der Waals surface area contributed by atoms with E-state index in [4.69, 9.17) is 0 Å². The third-order valence-electron chi connectivity index (χ3n) is 2.90. The van der Waals surface area contributed by atoms with E-state index in [1.165, 1.54) is 5.56 Å². The molecule has 2 N–H and O–H groups in total. The number of rotatable bonds is 6. The van der Waals surface area contributed by atoms with Gasteiger partial charge >= 0.3 is 0 Å². The van der Waals surface area contributed by atoms with E-state index in [-0.39, 0.29) is 11.8 Å². The van der Waals surface area contributed by atoms with E-state index >= 15 is 0 Å². The Morgan fingerprint density at radius 1 is 1.29 bits per heavy atom. The van der Waals surface area contributed by atoms with Gasteiger partial charge in [-0.3, -0.25) is 4.79 Å². The minimum atomic E-state index is 0.0606. The molecule has 0 bridgehead atoms. The van der Waals surface area contributed by atoms with Gasteiger partial charge in [-0.15, -0.1) is 0 Å². The van der Waals surface area contributed by atoms with Crippen LogP contribution in [0.15, 0.2) is 24.3 Å². The van der Waals surface area contributed by atoms with Crippen molar-refractivity contribution < 1.29 is 4.79 Å². The fraction of sp³-hybridized carbons (Fsp3) is 0.500. The predicted octanol–water partition coefficient (Wildman–Crippen LogP) is 1.86. The van der Waals surface area contributed by atoms with Gasteiger partial charge in [-0.05, 0) is 26.0 Å². The second-order valence-corrected chi connectivity index (χ2v) is 4.37. The van der Waals surface area contributed by atoms with Crippen molar-refractivity contribution in [2.24, 2.45) is 5.92 Å². The van der Waals surface area contributed by atoms with Crippen molar-refractivity contribution in [2.75, 3.05) is 13.6 Å². The normalized spacial score (nSPS) is 12.2. The standard InChI is InChI=1S/C14H22N2O/c1-4-13(10-15-3)14(17)16-9-12-7-5-11(2)6-8-12/h5-8,13,15H,4,9-10H2,1-3H3,(H,16,17). The Hall–Kier alpha value is -1.35. The van der Waals surface area contributed by atoms with Gasteiger partial charge in [-0.2, -0.15) is 0 Å². The van der Waals surface area contributed by atoms with Crippen LogP contribution >= 0.6 is 0 Å². The van der Waals surface area contributed by atoms with Crippen LogP contribution in [-0.2, 0) is 11.3 Å². The number of hydrogen-bond acceptors (Lipinski definition) is 2. The molecular formula is C14H22N2O. The third kappa shape index (κ3) is 4.57. The van der Waals surface area contributed by atoms with Crippen molar-refractivity contribution in [3.8, 4) is 0 Å². The molecule has 0 aromatic heterocycles. The first-order valence-electron chi connectivity index (χ1n) is 6.15. The topological polar surface area (TPSA) is 41.1 Å². The van der Waals surface area contributed by atoms with Crippen LogP contribution in [0.4, 0.5) is 0 Å². The summed E-state index contributed by atoms with van der Waals surface area (Å²) >= 11 is 0. The fourth-order valence-electron chi connectivity index (χ4n) is 1.71. The predicted molar refractivity (Wildman–Crippen MR) is 70.7 cm³/mol. The fourth-order valence-corrected chi connectivity index (χ4v) is 1.71. The lowest BCUT2D eigenvalue weighted by atomic mass is 10.1. The maximum Gasteiger partial charge on any atom is 0.224 e. The van der Waals surface area contributed by atoms with E-state index in [0.29, 0.717) is 6.54 Å². The van der Waals surface area contributed by atoms with Gasteiger partial charge in [0.25, 0.3) is 0 Å². The number of amides is 1. The Bertz CT molecular complexity index is 346. The van der Waals surface area contributed by atoms with Gasteiger partial charge < -0.3 is 10.6 Å². The van der Waals surface area contributed by atoms with Gasteiger partial charge in [0.05, 0.1) is 5.92 Å². The van der Waals surface area contributed by atoms with E-state index in [9.17, 15) is 4.79 Å². The minimum Gasteiger partial charge on any atom is -0.352 e. The molecule has 3 nitrogen and oxygen atoms in total. The molecule has 1 unspecified atom stereocenters. The number of carbonyl (C=O) groups excluding carboxylic acids is 1. The summed E-state index contributed by atoms with van der Waals surface area (Å²) in [6, 6.07) is 8.22. The molecule has 0 aliphatic heterocycles. The average molecular weight is 234 g/mol. The molecule has 1 aromatic carbocycles. The molecule has 0 aliphatic rings. The number of aryl methyl sites for hydroxylation is 1. The molecule has 0 fully saturated rings. The molecule has 1 rings (SSSR count). The SMILES string of the molecule is CCC(CNC)C(=O)NCc1ccc(C)cc1. The monoisotopic (exact) mass is 234 g/mol. The highest BCUT2D eigenvalue weighted by Gasteiger charge is 2.14. The van der Waals surface area contributed by atoms with Crippen LogP contribution in [0.25, 0.3) is 0 Å². The zero-order valence-electron chi connectivity index (χ0n) is 10.9. The van der Waals surface area contributed by atoms with Gasteiger partial charge in [-0.1, -0.05) is 36.8 Å². The Morgan fingerprint density at radius 2 is 1.94 bits per heavy atom. The van der Waals surface area contributed by atoms with Crippen LogP contribution in [0, 0.1) is 12.8 Å². The van der Waals surface area contributed by atoms with Crippen molar-refractivity contribution >= 4 is 5.91 Å². The molecule has 17 heavy (non-hydrogen) atoms. The van der Waals surface area contributed by atoms with E-state index in [1.54, 1.807) is 0 Å². The Morgan fingerprint density at radius 3 is 2.47 bits per heavy atom. The molecule has 0 saturated heterocycles. The van der Waals surface area contributed by atoms with Crippen LogP contribution in [0.5, 0.6) is 0 Å². The van der Waals surface area contributed by atoms with E-state index < -0.39 is 0 Å².